The number of hydrogen-bond donors (Lipinski definition) is 0. The highest BCUT2D eigenvalue weighted by Crippen LogP contribution is 2.34. The highest BCUT2D eigenvalue weighted by molar-refractivity contribution is 7.18. The van der Waals surface area contributed by atoms with Crippen molar-refractivity contribution in [3.63, 3.8) is 0 Å². The zero-order chi connectivity index (χ0) is 24.3. The molecule has 2 aliphatic heterocycles. The molecule has 7 nitrogen and oxygen atoms in total. The van der Waals surface area contributed by atoms with E-state index in [1.54, 1.807) is 11.3 Å². The predicted molar refractivity (Wildman–Crippen MR) is 138 cm³/mol. The van der Waals surface area contributed by atoms with Gasteiger partial charge in [0.15, 0.2) is 0 Å². The van der Waals surface area contributed by atoms with Crippen LogP contribution in [0.4, 0.5) is 0 Å². The largest absolute Gasteiger partial charge is 0.379 e. The van der Waals surface area contributed by atoms with E-state index in [-0.39, 0.29) is 11.8 Å². The van der Waals surface area contributed by atoms with Gasteiger partial charge in [-0.05, 0) is 24.6 Å². The van der Waals surface area contributed by atoms with E-state index >= 15 is 0 Å². The molecule has 0 saturated carbocycles. The quantitative estimate of drug-likeness (QED) is 0.530. The van der Waals surface area contributed by atoms with E-state index in [2.05, 4.69) is 11.0 Å². The first-order valence-electron chi connectivity index (χ1n) is 12.3. The van der Waals surface area contributed by atoms with Crippen LogP contribution in [0.5, 0.6) is 0 Å². The van der Waals surface area contributed by atoms with Crippen LogP contribution in [0.1, 0.15) is 17.5 Å². The Kier molecular flexibility index (Phi) is 7.13. The van der Waals surface area contributed by atoms with Crippen molar-refractivity contribution < 1.29 is 14.3 Å². The van der Waals surface area contributed by atoms with Gasteiger partial charge in [-0.1, -0.05) is 42.5 Å². The summed E-state index contributed by atoms with van der Waals surface area (Å²) in [5.74, 6) is 0.238. The van der Waals surface area contributed by atoms with Crippen LogP contribution in [0.25, 0.3) is 10.2 Å². The molecule has 35 heavy (non-hydrogen) atoms. The van der Waals surface area contributed by atoms with Crippen molar-refractivity contribution in [1.82, 2.24) is 19.7 Å². The number of carbonyl (C=O) groups excluding carboxylic acids is 2. The minimum absolute atomic E-state index is 0.100. The standard InChI is InChI=1S/C27H32N4O3S/c1-27(21-7-3-2-4-8-21,19-24-28-22-9-5-6-10-23(22)35-24)26(33)31-13-11-30(12-14-31)25(32)20-29-15-17-34-18-16-29/h2-10H,11-20H2,1H3. The molecular weight excluding hydrogens is 460 g/mol. The number of aromatic nitrogens is 1. The number of hydrogen-bond acceptors (Lipinski definition) is 6. The fourth-order valence-electron chi connectivity index (χ4n) is 4.96. The van der Waals surface area contributed by atoms with Gasteiger partial charge in [-0.15, -0.1) is 11.3 Å². The first kappa shape index (κ1) is 23.9. The van der Waals surface area contributed by atoms with Crippen molar-refractivity contribution in [2.45, 2.75) is 18.8 Å². The smallest absolute Gasteiger partial charge is 0.236 e. The second-order valence-corrected chi connectivity index (χ2v) is 10.6. The van der Waals surface area contributed by atoms with Crippen LogP contribution < -0.4 is 0 Å². The molecule has 1 aromatic heterocycles. The molecule has 0 radical (unpaired) electrons. The molecule has 8 heteroatoms. The lowest BCUT2D eigenvalue weighted by Gasteiger charge is -2.40. The molecule has 184 valence electrons. The van der Waals surface area contributed by atoms with Crippen LogP contribution in [0.2, 0.25) is 0 Å². The third-order valence-electron chi connectivity index (χ3n) is 7.11. The van der Waals surface area contributed by atoms with Gasteiger partial charge >= 0.3 is 0 Å². The lowest BCUT2D eigenvalue weighted by Crippen LogP contribution is -2.56. The number of morpholine rings is 1. The molecule has 0 spiro atoms. The average molecular weight is 493 g/mol. The average Bonchev–Trinajstić information content (AvgIpc) is 3.31. The van der Waals surface area contributed by atoms with Gasteiger partial charge in [-0.2, -0.15) is 0 Å². The summed E-state index contributed by atoms with van der Waals surface area (Å²) in [5.41, 5.74) is 1.24. The molecule has 0 N–H and O–H groups in total. The topological polar surface area (TPSA) is 66.0 Å². The van der Waals surface area contributed by atoms with Crippen LogP contribution in [-0.2, 0) is 26.2 Å². The molecule has 1 unspecified atom stereocenters. The van der Waals surface area contributed by atoms with Crippen LogP contribution in [0.3, 0.4) is 0 Å². The van der Waals surface area contributed by atoms with Crippen LogP contribution in [-0.4, -0.2) is 90.5 Å². The zero-order valence-electron chi connectivity index (χ0n) is 20.2. The maximum absolute atomic E-state index is 14.0. The third-order valence-corrected chi connectivity index (χ3v) is 8.14. The molecule has 1 atom stereocenters. The predicted octanol–water partition coefficient (Wildman–Crippen LogP) is 2.80. The van der Waals surface area contributed by atoms with Crippen LogP contribution in [0.15, 0.2) is 54.6 Å². The number of thiazole rings is 1. The molecule has 0 aliphatic carbocycles. The van der Waals surface area contributed by atoms with Gasteiger partial charge in [0, 0.05) is 45.7 Å². The Bertz CT molecular complexity index is 1140. The molecular formula is C27H32N4O3S. The lowest BCUT2D eigenvalue weighted by molar-refractivity contribution is -0.143. The number of nitrogens with zero attached hydrogens (tertiary/aromatic N) is 4. The fraction of sp³-hybridized carbons (Fsp3) is 0.444. The van der Waals surface area contributed by atoms with E-state index in [1.165, 1.54) is 0 Å². The van der Waals surface area contributed by atoms with E-state index in [1.807, 2.05) is 65.3 Å². The van der Waals surface area contributed by atoms with Crippen LogP contribution in [0, 0.1) is 0 Å². The lowest BCUT2D eigenvalue weighted by atomic mass is 9.78. The highest BCUT2D eigenvalue weighted by atomic mass is 32.1. The van der Waals surface area contributed by atoms with Gasteiger partial charge in [-0.25, -0.2) is 4.98 Å². The van der Waals surface area contributed by atoms with Crippen molar-refractivity contribution in [3.05, 3.63) is 65.2 Å². The number of ether oxygens (including phenoxy) is 1. The molecule has 0 bridgehead atoms. The molecule has 2 amide bonds. The first-order valence-corrected chi connectivity index (χ1v) is 13.1. The zero-order valence-corrected chi connectivity index (χ0v) is 21.0. The Morgan fingerprint density at radius 2 is 1.57 bits per heavy atom. The molecule has 3 aromatic rings. The SMILES string of the molecule is CC(Cc1nc2ccccc2s1)(C(=O)N1CCN(C(=O)CN2CCOCC2)CC1)c1ccccc1. The second-order valence-electron chi connectivity index (χ2n) is 9.51. The summed E-state index contributed by atoms with van der Waals surface area (Å²) >= 11 is 1.66. The molecule has 2 aromatic carbocycles. The van der Waals surface area contributed by atoms with Gasteiger partial charge in [0.05, 0.1) is 40.4 Å². The summed E-state index contributed by atoms with van der Waals surface area (Å²) in [6, 6.07) is 18.1. The second kappa shape index (κ2) is 10.4. The van der Waals surface area contributed by atoms with Gasteiger partial charge < -0.3 is 14.5 Å². The summed E-state index contributed by atoms with van der Waals surface area (Å²) < 4.78 is 6.52. The number of benzene rings is 2. The normalized spacial score (nSPS) is 19.0. The maximum Gasteiger partial charge on any atom is 0.236 e. The summed E-state index contributed by atoms with van der Waals surface area (Å²) in [4.78, 5) is 37.6. The number of fused-ring (bicyclic) bond motifs is 1. The summed E-state index contributed by atoms with van der Waals surface area (Å²) in [5, 5.41) is 0.963. The number of rotatable bonds is 6. The molecule has 5 rings (SSSR count). The van der Waals surface area contributed by atoms with Crippen molar-refractivity contribution >= 4 is 33.4 Å². The number of carbonyl (C=O) groups is 2. The van der Waals surface area contributed by atoms with Gasteiger partial charge in [-0.3, -0.25) is 14.5 Å². The maximum atomic E-state index is 14.0. The Morgan fingerprint density at radius 1 is 0.914 bits per heavy atom. The monoisotopic (exact) mass is 492 g/mol. The number of piperazine rings is 1. The van der Waals surface area contributed by atoms with Gasteiger partial charge in [0.2, 0.25) is 11.8 Å². The molecule has 2 aliphatic rings. The van der Waals surface area contributed by atoms with E-state index in [0.717, 1.165) is 33.9 Å². The van der Waals surface area contributed by atoms with Gasteiger partial charge in [0.1, 0.15) is 0 Å². The van der Waals surface area contributed by atoms with Crippen molar-refractivity contribution in [2.24, 2.45) is 0 Å². The van der Waals surface area contributed by atoms with Gasteiger partial charge in [0.25, 0.3) is 0 Å². The van der Waals surface area contributed by atoms with E-state index in [0.29, 0.717) is 52.4 Å². The third kappa shape index (κ3) is 5.24. The summed E-state index contributed by atoms with van der Waals surface area (Å²) in [7, 11) is 0. The van der Waals surface area contributed by atoms with Crippen LogP contribution >= 0.6 is 11.3 Å². The van der Waals surface area contributed by atoms with E-state index in [9.17, 15) is 9.59 Å². The Labute approximate surface area is 210 Å². The van der Waals surface area contributed by atoms with E-state index in [4.69, 9.17) is 9.72 Å². The number of para-hydroxylation sites is 1. The molecule has 2 saturated heterocycles. The molecule has 2 fully saturated rings. The minimum Gasteiger partial charge on any atom is -0.379 e. The van der Waals surface area contributed by atoms with E-state index < -0.39 is 5.41 Å². The summed E-state index contributed by atoms with van der Waals surface area (Å²) in [6.07, 6.45) is 0.547. The minimum atomic E-state index is -0.727. The summed E-state index contributed by atoms with van der Waals surface area (Å²) in [6.45, 7) is 7.67. The van der Waals surface area contributed by atoms with Crippen molar-refractivity contribution in [3.8, 4) is 0 Å². The Hall–Kier alpha value is -2.81. The highest BCUT2D eigenvalue weighted by Gasteiger charge is 2.40. The Morgan fingerprint density at radius 3 is 2.29 bits per heavy atom. The first-order chi connectivity index (χ1) is 17.0. The van der Waals surface area contributed by atoms with Crippen molar-refractivity contribution in [2.75, 3.05) is 59.0 Å². The molecule has 3 heterocycles. The Balaban J connectivity index is 1.29. The van der Waals surface area contributed by atoms with Crippen molar-refractivity contribution in [1.29, 1.82) is 0 Å². The number of amides is 2. The fourth-order valence-corrected chi connectivity index (χ4v) is 6.09.